The van der Waals surface area contributed by atoms with Crippen molar-refractivity contribution in [3.8, 4) is 0 Å². The molecule has 0 aliphatic heterocycles. The number of thioether (sulfide) groups is 1. The van der Waals surface area contributed by atoms with Crippen molar-refractivity contribution in [2.45, 2.75) is 17.1 Å². The summed E-state index contributed by atoms with van der Waals surface area (Å²) in [6.45, 7) is 0.552. The third-order valence-electron chi connectivity index (χ3n) is 1.98. The Hall–Kier alpha value is -0.850. The van der Waals surface area contributed by atoms with Crippen LogP contribution in [0.1, 0.15) is 6.42 Å². The largest absolute Gasteiger partial charge is 0.325 e. The number of alkyl halides is 2. The molecule has 0 aromatic heterocycles. The van der Waals surface area contributed by atoms with Gasteiger partial charge in [-0.15, -0.1) is 12.4 Å². The summed E-state index contributed by atoms with van der Waals surface area (Å²) in [5.41, 5.74) is 0.430. The Morgan fingerprint density at radius 3 is 2.67 bits per heavy atom. The van der Waals surface area contributed by atoms with Gasteiger partial charge in [0, 0.05) is 17.9 Å². The van der Waals surface area contributed by atoms with Gasteiger partial charge in [-0.1, -0.05) is 23.9 Å². The summed E-state index contributed by atoms with van der Waals surface area (Å²) in [6, 6.07) is 6.53. The zero-order valence-electron chi connectivity index (χ0n) is 9.78. The molecule has 0 saturated carbocycles. The van der Waals surface area contributed by atoms with Crippen molar-refractivity contribution in [1.82, 2.24) is 5.32 Å². The average Bonchev–Trinajstić information content (AvgIpc) is 2.28. The van der Waals surface area contributed by atoms with Gasteiger partial charge in [0.1, 0.15) is 0 Å². The molecule has 0 aliphatic carbocycles. The van der Waals surface area contributed by atoms with Crippen LogP contribution in [0.3, 0.4) is 0 Å². The lowest BCUT2D eigenvalue weighted by Gasteiger charge is -2.10. The Balaban J connectivity index is 0.00000289. The van der Waals surface area contributed by atoms with Crippen molar-refractivity contribution in [1.29, 1.82) is 0 Å². The Morgan fingerprint density at radius 2 is 2.06 bits per heavy atom. The molecule has 18 heavy (non-hydrogen) atoms. The summed E-state index contributed by atoms with van der Waals surface area (Å²) < 4.78 is 24.6. The molecule has 0 fully saturated rings. The molecule has 2 N–H and O–H groups in total. The molecule has 1 rings (SSSR count). The Morgan fingerprint density at radius 1 is 1.39 bits per heavy atom. The number of hydrogen-bond donors (Lipinski definition) is 2. The summed E-state index contributed by atoms with van der Waals surface area (Å²) in [7, 11) is 1.74. The molecule has 0 radical (unpaired) electrons. The van der Waals surface area contributed by atoms with E-state index in [0.717, 1.165) is 0 Å². The molecule has 0 unspecified atom stereocenters. The van der Waals surface area contributed by atoms with E-state index in [1.807, 2.05) is 0 Å². The van der Waals surface area contributed by atoms with Crippen LogP contribution in [0.15, 0.2) is 29.2 Å². The quantitative estimate of drug-likeness (QED) is 0.793. The molecule has 0 heterocycles. The Labute approximate surface area is 115 Å². The lowest BCUT2D eigenvalue weighted by atomic mass is 10.3. The molecule has 0 aliphatic rings. The fourth-order valence-electron chi connectivity index (χ4n) is 1.22. The first kappa shape index (κ1) is 17.2. The predicted octanol–water partition coefficient (Wildman–Crippen LogP) is 2.97. The second kappa shape index (κ2) is 9.13. The first-order valence-corrected chi connectivity index (χ1v) is 5.99. The highest BCUT2D eigenvalue weighted by Gasteiger charge is 2.11. The van der Waals surface area contributed by atoms with Crippen LogP contribution >= 0.6 is 24.2 Å². The SMILES string of the molecule is CNCCC(=O)Nc1ccccc1SC(F)F.Cl. The first-order chi connectivity index (χ1) is 8.13. The van der Waals surface area contributed by atoms with Crippen molar-refractivity contribution < 1.29 is 13.6 Å². The Bertz CT molecular complexity index is 380. The van der Waals surface area contributed by atoms with Crippen LogP contribution in [0.4, 0.5) is 14.5 Å². The van der Waals surface area contributed by atoms with E-state index in [9.17, 15) is 13.6 Å². The van der Waals surface area contributed by atoms with Gasteiger partial charge in [-0.3, -0.25) is 4.79 Å². The highest BCUT2D eigenvalue weighted by molar-refractivity contribution is 7.99. The maximum Gasteiger partial charge on any atom is 0.288 e. The molecule has 1 aromatic carbocycles. The third-order valence-corrected chi connectivity index (χ3v) is 2.77. The topological polar surface area (TPSA) is 41.1 Å². The van der Waals surface area contributed by atoms with Crippen LogP contribution in [0, 0.1) is 0 Å². The zero-order valence-corrected chi connectivity index (χ0v) is 11.4. The lowest BCUT2D eigenvalue weighted by Crippen LogP contribution is -2.19. The summed E-state index contributed by atoms with van der Waals surface area (Å²) in [5.74, 6) is -2.69. The van der Waals surface area contributed by atoms with Gasteiger partial charge in [0.05, 0.1) is 5.69 Å². The number of hydrogen-bond acceptors (Lipinski definition) is 3. The number of rotatable bonds is 6. The molecule has 1 aromatic rings. The zero-order chi connectivity index (χ0) is 12.7. The molecule has 102 valence electrons. The molecule has 0 atom stereocenters. The van der Waals surface area contributed by atoms with Crippen LogP contribution in [0.25, 0.3) is 0 Å². The smallest absolute Gasteiger partial charge is 0.288 e. The van der Waals surface area contributed by atoms with Crippen molar-refractivity contribution in [3.05, 3.63) is 24.3 Å². The number of amides is 1. The van der Waals surface area contributed by atoms with E-state index >= 15 is 0 Å². The van der Waals surface area contributed by atoms with Gasteiger partial charge in [0.25, 0.3) is 5.76 Å². The first-order valence-electron chi connectivity index (χ1n) is 5.11. The molecule has 3 nitrogen and oxygen atoms in total. The minimum atomic E-state index is -2.50. The second-order valence-corrected chi connectivity index (χ2v) is 4.31. The van der Waals surface area contributed by atoms with Gasteiger partial charge in [-0.05, 0) is 19.2 Å². The van der Waals surface area contributed by atoms with Gasteiger partial charge in [0.2, 0.25) is 5.91 Å². The van der Waals surface area contributed by atoms with Crippen molar-refractivity contribution in [2.75, 3.05) is 18.9 Å². The van der Waals surface area contributed by atoms with E-state index in [0.29, 0.717) is 35.3 Å². The third kappa shape index (κ3) is 6.18. The molecule has 1 amide bonds. The van der Waals surface area contributed by atoms with Gasteiger partial charge < -0.3 is 10.6 Å². The van der Waals surface area contributed by atoms with Crippen molar-refractivity contribution in [3.63, 3.8) is 0 Å². The Kier molecular flexibility index (Phi) is 8.70. The molecule has 7 heteroatoms. The minimum absolute atomic E-state index is 0. The highest BCUT2D eigenvalue weighted by atomic mass is 35.5. The van der Waals surface area contributed by atoms with Crippen LogP contribution in [-0.4, -0.2) is 25.3 Å². The number of benzene rings is 1. The molecule has 0 spiro atoms. The van der Waals surface area contributed by atoms with Crippen LogP contribution in [0.2, 0.25) is 0 Å². The number of carbonyl (C=O) groups excluding carboxylic acids is 1. The lowest BCUT2D eigenvalue weighted by molar-refractivity contribution is -0.116. The maximum absolute atomic E-state index is 12.3. The summed E-state index contributed by atoms with van der Waals surface area (Å²) >= 11 is 0.427. The van der Waals surface area contributed by atoms with E-state index in [1.54, 1.807) is 31.3 Å². The van der Waals surface area contributed by atoms with Gasteiger partial charge in [0.15, 0.2) is 0 Å². The van der Waals surface area contributed by atoms with Gasteiger partial charge >= 0.3 is 0 Å². The van der Waals surface area contributed by atoms with Crippen molar-refractivity contribution >= 4 is 35.8 Å². The fourth-order valence-corrected chi connectivity index (χ4v) is 1.82. The summed E-state index contributed by atoms with van der Waals surface area (Å²) in [6.07, 6.45) is 0.310. The van der Waals surface area contributed by atoms with Gasteiger partial charge in [-0.2, -0.15) is 8.78 Å². The van der Waals surface area contributed by atoms with E-state index in [1.165, 1.54) is 0 Å². The second-order valence-electron chi connectivity index (χ2n) is 3.28. The summed E-state index contributed by atoms with van der Waals surface area (Å²) in [5, 5.41) is 5.46. The normalized spacial score (nSPS) is 10.0. The average molecular weight is 297 g/mol. The molecular weight excluding hydrogens is 282 g/mol. The number of halogens is 3. The fraction of sp³-hybridized carbons (Fsp3) is 0.364. The van der Waals surface area contributed by atoms with Crippen LogP contribution < -0.4 is 10.6 Å². The van der Waals surface area contributed by atoms with Crippen LogP contribution in [-0.2, 0) is 4.79 Å². The summed E-state index contributed by atoms with van der Waals surface area (Å²) in [4.78, 5) is 11.8. The molecule has 0 bridgehead atoms. The highest BCUT2D eigenvalue weighted by Crippen LogP contribution is 2.31. The standard InChI is InChI=1S/C11H14F2N2OS.ClH/c1-14-7-6-10(16)15-8-4-2-3-5-9(8)17-11(12)13;/h2-5,11,14H,6-7H2,1H3,(H,15,16);1H. The molecular formula is C11H15ClF2N2OS. The molecule has 0 saturated heterocycles. The van der Waals surface area contributed by atoms with Gasteiger partial charge in [-0.25, -0.2) is 0 Å². The van der Waals surface area contributed by atoms with E-state index in [2.05, 4.69) is 10.6 Å². The monoisotopic (exact) mass is 296 g/mol. The predicted molar refractivity (Wildman–Crippen MR) is 72.7 cm³/mol. The number of anilines is 1. The van der Waals surface area contributed by atoms with E-state index < -0.39 is 5.76 Å². The van der Waals surface area contributed by atoms with Crippen molar-refractivity contribution in [2.24, 2.45) is 0 Å². The number of para-hydroxylation sites is 1. The number of carbonyl (C=O) groups is 1. The van der Waals surface area contributed by atoms with E-state index in [-0.39, 0.29) is 18.3 Å². The maximum atomic E-state index is 12.3. The minimum Gasteiger partial charge on any atom is -0.325 e. The number of nitrogens with one attached hydrogen (secondary N) is 2. The van der Waals surface area contributed by atoms with E-state index in [4.69, 9.17) is 0 Å². The van der Waals surface area contributed by atoms with Crippen LogP contribution in [0.5, 0.6) is 0 Å².